The monoisotopic (exact) mass is 412 g/mol. The van der Waals surface area contributed by atoms with Crippen LogP contribution in [0.4, 0.5) is 0 Å². The second-order valence-electron chi connectivity index (χ2n) is 8.32. The predicted molar refractivity (Wildman–Crippen MR) is 113 cm³/mol. The first-order valence-corrected chi connectivity index (χ1v) is 11.7. The van der Waals surface area contributed by atoms with Gasteiger partial charge in [0.05, 0.1) is 4.90 Å². The number of benzene rings is 2. The summed E-state index contributed by atoms with van der Waals surface area (Å²) in [6.07, 6.45) is 2.12. The van der Waals surface area contributed by atoms with E-state index in [0.717, 1.165) is 17.5 Å². The van der Waals surface area contributed by atoms with E-state index in [1.165, 1.54) is 9.87 Å². The molecular weight excluding hydrogens is 384 g/mol. The average molecular weight is 413 g/mol. The Labute approximate surface area is 173 Å². The molecule has 2 atom stereocenters. The number of carbonyl (C=O) groups is 1. The van der Waals surface area contributed by atoms with Gasteiger partial charge in [-0.1, -0.05) is 48.0 Å². The molecule has 1 saturated heterocycles. The van der Waals surface area contributed by atoms with E-state index < -0.39 is 10.0 Å². The number of nitrogens with zero attached hydrogens (tertiary/aromatic N) is 1. The van der Waals surface area contributed by atoms with E-state index in [4.69, 9.17) is 0 Å². The number of nitrogens with one attached hydrogen (secondary N) is 1. The minimum absolute atomic E-state index is 0.0667. The van der Waals surface area contributed by atoms with E-state index in [1.807, 2.05) is 44.2 Å². The van der Waals surface area contributed by atoms with Crippen LogP contribution in [0.15, 0.2) is 53.4 Å². The molecule has 2 fully saturated rings. The summed E-state index contributed by atoms with van der Waals surface area (Å²) < 4.78 is 27.5. The van der Waals surface area contributed by atoms with Crippen molar-refractivity contribution in [3.05, 3.63) is 65.2 Å². The molecule has 0 bridgehead atoms. The number of aryl methyl sites for hydroxylation is 2. The summed E-state index contributed by atoms with van der Waals surface area (Å²) in [7, 11) is -3.51. The van der Waals surface area contributed by atoms with Crippen LogP contribution in [-0.2, 0) is 14.8 Å². The Morgan fingerprint density at radius 3 is 2.38 bits per heavy atom. The molecule has 0 radical (unpaired) electrons. The van der Waals surface area contributed by atoms with Gasteiger partial charge < -0.3 is 5.32 Å². The normalized spacial score (nSPS) is 23.0. The van der Waals surface area contributed by atoms with Crippen LogP contribution in [0, 0.1) is 19.8 Å². The molecule has 2 aliphatic rings. The first-order valence-electron chi connectivity index (χ1n) is 10.3. The van der Waals surface area contributed by atoms with Crippen LogP contribution in [0.1, 0.15) is 41.9 Å². The van der Waals surface area contributed by atoms with Crippen LogP contribution < -0.4 is 5.32 Å². The smallest absolute Gasteiger partial charge is 0.243 e. The van der Waals surface area contributed by atoms with E-state index >= 15 is 0 Å². The first kappa shape index (κ1) is 20.1. The van der Waals surface area contributed by atoms with Crippen LogP contribution in [0.2, 0.25) is 0 Å². The van der Waals surface area contributed by atoms with Crippen molar-refractivity contribution in [3.63, 3.8) is 0 Å². The summed E-state index contributed by atoms with van der Waals surface area (Å²) in [5, 5.41) is 3.17. The Morgan fingerprint density at radius 1 is 1.03 bits per heavy atom. The molecule has 1 saturated carbocycles. The Kier molecular flexibility index (Phi) is 5.49. The maximum absolute atomic E-state index is 13.0. The lowest BCUT2D eigenvalue weighted by Gasteiger charge is -2.31. The largest absolute Gasteiger partial charge is 0.352 e. The minimum atomic E-state index is -3.51. The van der Waals surface area contributed by atoms with Crippen molar-refractivity contribution in [2.45, 2.75) is 50.0 Å². The van der Waals surface area contributed by atoms with E-state index in [-0.39, 0.29) is 17.9 Å². The quantitative estimate of drug-likeness (QED) is 0.819. The van der Waals surface area contributed by atoms with Crippen molar-refractivity contribution in [1.82, 2.24) is 9.62 Å². The summed E-state index contributed by atoms with van der Waals surface area (Å²) in [5.74, 6) is 0.361. The molecule has 1 heterocycles. The lowest BCUT2D eigenvalue weighted by atomic mass is 9.97. The fourth-order valence-corrected chi connectivity index (χ4v) is 5.99. The Morgan fingerprint density at radius 2 is 1.72 bits per heavy atom. The van der Waals surface area contributed by atoms with E-state index in [0.29, 0.717) is 36.7 Å². The molecule has 29 heavy (non-hydrogen) atoms. The van der Waals surface area contributed by atoms with Crippen molar-refractivity contribution in [2.75, 3.05) is 13.1 Å². The summed E-state index contributed by atoms with van der Waals surface area (Å²) >= 11 is 0. The SMILES string of the molecule is Cc1ccc(S(=O)(=O)N2CCC(C(=O)N[C@@H]3C[C@H]3c3ccccc3)CC2)c(C)c1. The molecule has 4 rings (SSSR count). The Hall–Kier alpha value is -2.18. The fraction of sp³-hybridized carbons (Fsp3) is 0.435. The van der Waals surface area contributed by atoms with Gasteiger partial charge in [-0.25, -0.2) is 8.42 Å². The van der Waals surface area contributed by atoms with Gasteiger partial charge in [0.1, 0.15) is 0 Å². The van der Waals surface area contributed by atoms with Gasteiger partial charge >= 0.3 is 0 Å². The van der Waals surface area contributed by atoms with Crippen molar-refractivity contribution >= 4 is 15.9 Å². The second-order valence-corrected chi connectivity index (χ2v) is 10.2. The molecule has 0 spiro atoms. The lowest BCUT2D eigenvalue weighted by molar-refractivity contribution is -0.126. The lowest BCUT2D eigenvalue weighted by Crippen LogP contribution is -2.43. The zero-order valence-corrected chi connectivity index (χ0v) is 17.8. The van der Waals surface area contributed by atoms with E-state index in [2.05, 4.69) is 17.4 Å². The van der Waals surface area contributed by atoms with Crippen molar-refractivity contribution in [3.8, 4) is 0 Å². The third-order valence-corrected chi connectivity index (χ3v) is 8.18. The van der Waals surface area contributed by atoms with Gasteiger partial charge in [0.15, 0.2) is 0 Å². The van der Waals surface area contributed by atoms with Gasteiger partial charge in [0.25, 0.3) is 0 Å². The van der Waals surface area contributed by atoms with Gasteiger partial charge in [-0.2, -0.15) is 4.31 Å². The fourth-order valence-electron chi connectivity index (χ4n) is 4.31. The third kappa shape index (κ3) is 4.23. The number of piperidine rings is 1. The van der Waals surface area contributed by atoms with Gasteiger partial charge in [0.2, 0.25) is 15.9 Å². The maximum Gasteiger partial charge on any atom is 0.243 e. The molecule has 1 aliphatic carbocycles. The summed E-state index contributed by atoms with van der Waals surface area (Å²) in [4.78, 5) is 13.0. The Balaban J connectivity index is 1.33. The highest BCUT2D eigenvalue weighted by molar-refractivity contribution is 7.89. The third-order valence-electron chi connectivity index (χ3n) is 6.12. The van der Waals surface area contributed by atoms with Crippen molar-refractivity contribution in [2.24, 2.45) is 5.92 Å². The van der Waals surface area contributed by atoms with Crippen molar-refractivity contribution < 1.29 is 13.2 Å². The highest BCUT2D eigenvalue weighted by atomic mass is 32.2. The standard InChI is InChI=1S/C23H28N2O3S/c1-16-8-9-22(17(2)14-16)29(27,28)25-12-10-19(11-13-25)23(26)24-21-15-20(21)18-6-4-3-5-7-18/h3-9,14,19-21H,10-13,15H2,1-2H3,(H,24,26)/t20-,21+/m0/s1. The molecule has 5 nitrogen and oxygen atoms in total. The molecule has 154 valence electrons. The number of sulfonamides is 1. The van der Waals surface area contributed by atoms with Gasteiger partial charge in [-0.3, -0.25) is 4.79 Å². The molecular formula is C23H28N2O3S. The molecule has 0 aromatic heterocycles. The number of hydrogen-bond donors (Lipinski definition) is 1. The molecule has 1 aliphatic heterocycles. The molecule has 1 amide bonds. The molecule has 1 N–H and O–H groups in total. The van der Waals surface area contributed by atoms with Gasteiger partial charge in [0, 0.05) is 31.0 Å². The van der Waals surface area contributed by atoms with Crippen LogP contribution >= 0.6 is 0 Å². The summed E-state index contributed by atoms with van der Waals surface area (Å²) in [6, 6.07) is 15.9. The number of amides is 1. The zero-order valence-electron chi connectivity index (χ0n) is 17.0. The Bertz CT molecular complexity index is 996. The number of carbonyl (C=O) groups excluding carboxylic acids is 1. The number of rotatable bonds is 5. The highest BCUT2D eigenvalue weighted by Crippen LogP contribution is 2.41. The van der Waals surface area contributed by atoms with Crippen LogP contribution in [0.3, 0.4) is 0 Å². The number of hydrogen-bond acceptors (Lipinski definition) is 3. The summed E-state index contributed by atoms with van der Waals surface area (Å²) in [6.45, 7) is 4.57. The molecule has 6 heteroatoms. The molecule has 2 aromatic carbocycles. The van der Waals surface area contributed by atoms with E-state index in [9.17, 15) is 13.2 Å². The highest BCUT2D eigenvalue weighted by Gasteiger charge is 2.41. The van der Waals surface area contributed by atoms with Crippen molar-refractivity contribution in [1.29, 1.82) is 0 Å². The maximum atomic E-state index is 13.0. The molecule has 0 unspecified atom stereocenters. The first-order chi connectivity index (χ1) is 13.9. The minimum Gasteiger partial charge on any atom is -0.352 e. The molecule has 2 aromatic rings. The van der Waals surface area contributed by atoms with Gasteiger partial charge in [-0.15, -0.1) is 0 Å². The summed E-state index contributed by atoms with van der Waals surface area (Å²) in [5.41, 5.74) is 3.09. The average Bonchev–Trinajstić information content (AvgIpc) is 3.47. The second kappa shape index (κ2) is 7.92. The van der Waals surface area contributed by atoms with Gasteiger partial charge in [-0.05, 0) is 50.3 Å². The van der Waals surface area contributed by atoms with E-state index in [1.54, 1.807) is 6.07 Å². The predicted octanol–water partition coefficient (Wildman–Crippen LogP) is 3.38. The zero-order chi connectivity index (χ0) is 20.6. The van der Waals surface area contributed by atoms with Crippen LogP contribution in [0.25, 0.3) is 0 Å². The van der Waals surface area contributed by atoms with Crippen LogP contribution in [-0.4, -0.2) is 37.8 Å². The van der Waals surface area contributed by atoms with Crippen LogP contribution in [0.5, 0.6) is 0 Å². The topological polar surface area (TPSA) is 66.5 Å².